The van der Waals surface area contributed by atoms with Gasteiger partial charge in [0.1, 0.15) is 10.6 Å². The number of primary sulfonamides is 1. The van der Waals surface area contributed by atoms with Crippen LogP contribution in [0.2, 0.25) is 0 Å². The van der Waals surface area contributed by atoms with Crippen molar-refractivity contribution in [3.05, 3.63) is 54.9 Å². The van der Waals surface area contributed by atoms with E-state index in [0.29, 0.717) is 33.7 Å². The van der Waals surface area contributed by atoms with Crippen molar-refractivity contribution >= 4 is 32.3 Å². The molecule has 0 radical (unpaired) electrons. The fourth-order valence-electron chi connectivity index (χ4n) is 4.66. The van der Waals surface area contributed by atoms with Gasteiger partial charge < -0.3 is 19.5 Å². The van der Waals surface area contributed by atoms with Crippen LogP contribution in [0.5, 0.6) is 17.6 Å². The standard InChI is InChI=1S/C27H29N5O5S/c1-35-26-22(15-30-27(32-26)36-2)17-11-12-21-23(13-17)29-16-24(38(28,33)34)25(21)31-18-7-6-10-20(14-18)37-19-8-4-3-5-9-19/h6-7,10-16,19H,3-5,8-9H2,1-2H3,(H,29,31)(H2,28,33,34). The average molecular weight is 536 g/mol. The maximum atomic E-state index is 12.5. The van der Waals surface area contributed by atoms with Gasteiger partial charge in [-0.05, 0) is 49.4 Å². The summed E-state index contributed by atoms with van der Waals surface area (Å²) in [6.07, 6.45) is 8.70. The van der Waals surface area contributed by atoms with Crippen molar-refractivity contribution in [1.82, 2.24) is 15.0 Å². The summed E-state index contributed by atoms with van der Waals surface area (Å²) >= 11 is 0. The largest absolute Gasteiger partial charge is 0.490 e. The van der Waals surface area contributed by atoms with Crippen LogP contribution in [0.3, 0.4) is 0 Å². The molecular weight excluding hydrogens is 506 g/mol. The molecule has 10 nitrogen and oxygen atoms in total. The van der Waals surface area contributed by atoms with E-state index in [2.05, 4.69) is 20.3 Å². The highest BCUT2D eigenvalue weighted by Gasteiger charge is 2.20. The smallest absolute Gasteiger partial charge is 0.319 e. The van der Waals surface area contributed by atoms with Crippen LogP contribution in [-0.2, 0) is 10.0 Å². The Morgan fingerprint density at radius 2 is 1.79 bits per heavy atom. The summed E-state index contributed by atoms with van der Waals surface area (Å²) in [6.45, 7) is 0. The van der Waals surface area contributed by atoms with Crippen LogP contribution in [0.25, 0.3) is 22.0 Å². The molecule has 5 rings (SSSR count). The zero-order chi connectivity index (χ0) is 26.7. The number of anilines is 2. The third-order valence-corrected chi connectivity index (χ3v) is 7.44. The number of aromatic nitrogens is 3. The van der Waals surface area contributed by atoms with E-state index in [9.17, 15) is 8.42 Å². The number of nitrogens with one attached hydrogen (secondary N) is 1. The lowest BCUT2D eigenvalue weighted by Gasteiger charge is -2.23. The average Bonchev–Trinajstić information content (AvgIpc) is 2.92. The van der Waals surface area contributed by atoms with Gasteiger partial charge in [0.2, 0.25) is 15.9 Å². The van der Waals surface area contributed by atoms with Crippen molar-refractivity contribution < 1.29 is 22.6 Å². The summed E-state index contributed by atoms with van der Waals surface area (Å²) in [4.78, 5) is 12.7. The van der Waals surface area contributed by atoms with E-state index < -0.39 is 10.0 Å². The molecule has 0 bridgehead atoms. The van der Waals surface area contributed by atoms with Crippen LogP contribution in [-0.4, -0.2) is 43.7 Å². The molecule has 0 saturated heterocycles. The molecule has 1 fully saturated rings. The van der Waals surface area contributed by atoms with Gasteiger partial charge in [-0.2, -0.15) is 4.98 Å². The Hall–Kier alpha value is -3.96. The highest BCUT2D eigenvalue weighted by molar-refractivity contribution is 7.89. The Morgan fingerprint density at radius 1 is 0.974 bits per heavy atom. The number of benzene rings is 2. The minimum absolute atomic E-state index is 0.110. The quantitative estimate of drug-likeness (QED) is 0.325. The second kappa shape index (κ2) is 10.8. The van der Waals surface area contributed by atoms with Gasteiger partial charge in [0.15, 0.2) is 0 Å². The van der Waals surface area contributed by atoms with Crippen molar-refractivity contribution in [3.8, 4) is 28.8 Å². The van der Waals surface area contributed by atoms with Gasteiger partial charge in [-0.1, -0.05) is 24.6 Å². The van der Waals surface area contributed by atoms with Crippen LogP contribution >= 0.6 is 0 Å². The van der Waals surface area contributed by atoms with Crippen molar-refractivity contribution in [2.45, 2.75) is 43.1 Å². The number of rotatable bonds is 8. The van der Waals surface area contributed by atoms with Gasteiger partial charge in [0.05, 0.1) is 37.1 Å². The van der Waals surface area contributed by atoms with E-state index in [-0.39, 0.29) is 17.0 Å². The second-order valence-corrected chi connectivity index (χ2v) is 10.6. The highest BCUT2D eigenvalue weighted by Crippen LogP contribution is 2.36. The first-order valence-electron chi connectivity index (χ1n) is 12.3. The number of hydrogen-bond donors (Lipinski definition) is 2. The summed E-state index contributed by atoms with van der Waals surface area (Å²) in [7, 11) is -1.08. The van der Waals surface area contributed by atoms with Gasteiger partial charge in [0, 0.05) is 29.5 Å². The van der Waals surface area contributed by atoms with E-state index in [1.807, 2.05) is 36.4 Å². The Morgan fingerprint density at radius 3 is 2.53 bits per heavy atom. The number of pyridine rings is 1. The van der Waals surface area contributed by atoms with Gasteiger partial charge in [-0.3, -0.25) is 4.98 Å². The molecule has 1 saturated carbocycles. The molecule has 0 atom stereocenters. The molecule has 2 aromatic heterocycles. The molecule has 198 valence electrons. The van der Waals surface area contributed by atoms with Crippen molar-refractivity contribution in [2.24, 2.45) is 5.14 Å². The Kier molecular flexibility index (Phi) is 7.30. The van der Waals surface area contributed by atoms with Gasteiger partial charge in [-0.25, -0.2) is 18.5 Å². The predicted molar refractivity (Wildman–Crippen MR) is 144 cm³/mol. The second-order valence-electron chi connectivity index (χ2n) is 9.08. The topological polar surface area (TPSA) is 139 Å². The zero-order valence-electron chi connectivity index (χ0n) is 21.2. The fraction of sp³-hybridized carbons (Fsp3) is 0.296. The number of sulfonamides is 1. The fourth-order valence-corrected chi connectivity index (χ4v) is 5.30. The Balaban J connectivity index is 1.54. The number of hydrogen-bond acceptors (Lipinski definition) is 9. The van der Waals surface area contributed by atoms with E-state index in [0.717, 1.165) is 24.2 Å². The van der Waals surface area contributed by atoms with E-state index in [1.54, 1.807) is 12.3 Å². The number of nitrogens with two attached hydrogens (primary N) is 1. The summed E-state index contributed by atoms with van der Waals surface area (Å²) in [5.74, 6) is 1.07. The first-order valence-corrected chi connectivity index (χ1v) is 13.8. The van der Waals surface area contributed by atoms with Crippen molar-refractivity contribution in [2.75, 3.05) is 19.5 Å². The molecule has 4 aromatic rings. The third-order valence-electron chi connectivity index (χ3n) is 6.52. The Labute approximate surface area is 221 Å². The number of fused-ring (bicyclic) bond motifs is 1. The molecule has 1 aliphatic carbocycles. The predicted octanol–water partition coefficient (Wildman–Crippen LogP) is 4.81. The lowest BCUT2D eigenvalue weighted by Crippen LogP contribution is -2.19. The van der Waals surface area contributed by atoms with Crippen LogP contribution in [0.1, 0.15) is 32.1 Å². The maximum Gasteiger partial charge on any atom is 0.319 e. The minimum atomic E-state index is -4.07. The molecule has 0 aliphatic heterocycles. The molecule has 38 heavy (non-hydrogen) atoms. The zero-order valence-corrected chi connectivity index (χ0v) is 22.0. The van der Waals surface area contributed by atoms with Crippen LogP contribution in [0, 0.1) is 0 Å². The first-order chi connectivity index (χ1) is 18.4. The maximum absolute atomic E-state index is 12.5. The monoisotopic (exact) mass is 535 g/mol. The SMILES string of the molecule is COc1ncc(-c2ccc3c(Nc4cccc(OC5CCCCC5)c4)c(S(N)(=O)=O)cnc3c2)c(OC)n1. The third kappa shape index (κ3) is 5.48. The number of ether oxygens (including phenoxy) is 3. The first kappa shape index (κ1) is 25.7. The molecule has 3 N–H and O–H groups in total. The molecule has 1 aliphatic rings. The van der Waals surface area contributed by atoms with Crippen LogP contribution in [0.4, 0.5) is 11.4 Å². The summed E-state index contributed by atoms with van der Waals surface area (Å²) in [5.41, 5.74) is 2.92. The van der Waals surface area contributed by atoms with Crippen molar-refractivity contribution in [3.63, 3.8) is 0 Å². The lowest BCUT2D eigenvalue weighted by molar-refractivity contribution is 0.155. The molecule has 0 unspecified atom stereocenters. The summed E-state index contributed by atoms with van der Waals surface area (Å²) in [6, 6.07) is 13.1. The van der Waals surface area contributed by atoms with Gasteiger partial charge in [0.25, 0.3) is 0 Å². The van der Waals surface area contributed by atoms with E-state index >= 15 is 0 Å². The summed E-state index contributed by atoms with van der Waals surface area (Å²) < 4.78 is 41.6. The van der Waals surface area contributed by atoms with Gasteiger partial charge in [-0.15, -0.1) is 0 Å². The normalized spacial score (nSPS) is 14.3. The van der Waals surface area contributed by atoms with Crippen LogP contribution < -0.4 is 24.7 Å². The Bertz CT molecular complexity index is 1570. The highest BCUT2D eigenvalue weighted by atomic mass is 32.2. The van der Waals surface area contributed by atoms with Crippen molar-refractivity contribution in [1.29, 1.82) is 0 Å². The molecule has 2 aromatic carbocycles. The molecule has 2 heterocycles. The van der Waals surface area contributed by atoms with Crippen LogP contribution in [0.15, 0.2) is 59.8 Å². The molecule has 0 amide bonds. The molecular formula is C27H29N5O5S. The molecule has 11 heteroatoms. The minimum Gasteiger partial charge on any atom is -0.490 e. The lowest BCUT2D eigenvalue weighted by atomic mass is 9.98. The van der Waals surface area contributed by atoms with E-state index in [1.165, 1.54) is 39.7 Å². The number of nitrogens with zero attached hydrogens (tertiary/aromatic N) is 3. The number of methoxy groups -OCH3 is 2. The summed E-state index contributed by atoms with van der Waals surface area (Å²) in [5, 5.41) is 9.39. The molecule has 0 spiro atoms. The van der Waals surface area contributed by atoms with Gasteiger partial charge >= 0.3 is 6.01 Å². The van der Waals surface area contributed by atoms with E-state index in [4.69, 9.17) is 19.3 Å².